The van der Waals surface area contributed by atoms with Gasteiger partial charge < -0.3 is 62.2 Å². The molecule has 0 bridgehead atoms. The number of aliphatic hydroxyl groups excluding tert-OH is 1. The zero-order valence-corrected chi connectivity index (χ0v) is 13.5. The molecule has 0 aromatic heterocycles. The predicted octanol–water partition coefficient (Wildman–Crippen LogP) is -14.3. The number of halogens is 3. The van der Waals surface area contributed by atoms with E-state index in [0.717, 1.165) is 39.4 Å². The van der Waals surface area contributed by atoms with Crippen LogP contribution in [0.25, 0.3) is 0 Å². The highest BCUT2D eigenvalue weighted by Gasteiger charge is 2.23. The van der Waals surface area contributed by atoms with E-state index in [9.17, 15) is 5.11 Å². The molecule has 0 radical (unpaired) electrons. The molecular weight excluding hydrogens is 312 g/mol. The Bertz CT molecular complexity index is 184. The Morgan fingerprint density at radius 2 is 1.37 bits per heavy atom. The van der Waals surface area contributed by atoms with E-state index in [4.69, 9.17) is 4.74 Å². The normalized spacial score (nSPS) is 22.6. The first-order valence-corrected chi connectivity index (χ1v) is 6.59. The summed E-state index contributed by atoms with van der Waals surface area (Å²) in [7, 11) is 0. The lowest BCUT2D eigenvalue weighted by molar-refractivity contribution is -0.956. The SMILES string of the molecule is OC(C[NH+]1CC[NH2+]CC1)C[NH+]1CCOCC1.[Cl-].[Cl-].[Cl-]. The molecule has 2 fully saturated rings. The Kier molecular flexibility index (Phi) is 14.3. The summed E-state index contributed by atoms with van der Waals surface area (Å²) in [5.41, 5.74) is 0. The Hall–Kier alpha value is 0.670. The highest BCUT2D eigenvalue weighted by atomic mass is 35.5. The van der Waals surface area contributed by atoms with Crippen LogP contribution < -0.4 is 52.3 Å². The molecule has 19 heavy (non-hydrogen) atoms. The number of nitrogens with one attached hydrogen (secondary N) is 2. The number of hydrogen-bond acceptors (Lipinski definition) is 2. The van der Waals surface area contributed by atoms with Crippen LogP contribution >= 0.6 is 0 Å². The minimum absolute atomic E-state index is 0. The Labute approximate surface area is 134 Å². The largest absolute Gasteiger partial charge is 1.00 e. The maximum atomic E-state index is 10.1. The highest BCUT2D eigenvalue weighted by molar-refractivity contribution is 4.51. The van der Waals surface area contributed by atoms with Crippen molar-refractivity contribution in [3.8, 4) is 0 Å². The molecule has 2 saturated heterocycles. The van der Waals surface area contributed by atoms with Crippen LogP contribution in [0.2, 0.25) is 0 Å². The summed E-state index contributed by atoms with van der Waals surface area (Å²) in [5.74, 6) is 0. The van der Waals surface area contributed by atoms with Crippen LogP contribution in [0.3, 0.4) is 0 Å². The van der Waals surface area contributed by atoms with Crippen molar-refractivity contribution in [1.29, 1.82) is 0 Å². The molecule has 2 rings (SSSR count). The van der Waals surface area contributed by atoms with E-state index in [1.54, 1.807) is 4.90 Å². The number of hydrogen-bond donors (Lipinski definition) is 4. The smallest absolute Gasteiger partial charge is 0.152 e. The van der Waals surface area contributed by atoms with Gasteiger partial charge in [-0.05, 0) is 0 Å². The number of nitrogens with two attached hydrogens (primary N) is 1. The van der Waals surface area contributed by atoms with Crippen molar-refractivity contribution in [3.05, 3.63) is 0 Å². The van der Waals surface area contributed by atoms with Gasteiger partial charge in [0.2, 0.25) is 0 Å². The standard InChI is InChI=1S/C11H23N3O2.3ClH/c15-11(9-13-3-1-12-2-4-13)10-14-5-7-16-8-6-14;;;/h11-12,15H,1-10H2;3*1H. The van der Waals surface area contributed by atoms with Gasteiger partial charge in [0.1, 0.15) is 52.4 Å². The summed E-state index contributed by atoms with van der Waals surface area (Å²) in [6, 6.07) is 0. The van der Waals surface area contributed by atoms with Crippen molar-refractivity contribution in [1.82, 2.24) is 0 Å². The monoisotopic (exact) mass is 337 g/mol. The van der Waals surface area contributed by atoms with Crippen molar-refractivity contribution < 1.29 is 62.2 Å². The number of piperazine rings is 1. The molecule has 0 amide bonds. The second kappa shape index (κ2) is 12.4. The molecule has 1 unspecified atom stereocenters. The summed E-state index contributed by atoms with van der Waals surface area (Å²) in [6.45, 7) is 10.5. The number of aliphatic hydroxyl groups is 1. The Balaban J connectivity index is 0. The second-order valence-electron chi connectivity index (χ2n) is 5.04. The molecule has 0 spiro atoms. The van der Waals surface area contributed by atoms with E-state index in [1.807, 2.05) is 0 Å². The van der Waals surface area contributed by atoms with Gasteiger partial charge in [0.25, 0.3) is 0 Å². The molecule has 1 atom stereocenters. The molecule has 0 aromatic rings. The van der Waals surface area contributed by atoms with Gasteiger partial charge in [-0.3, -0.25) is 0 Å². The van der Waals surface area contributed by atoms with Crippen LogP contribution in [0.1, 0.15) is 0 Å². The van der Waals surface area contributed by atoms with Crippen molar-refractivity contribution >= 4 is 0 Å². The molecule has 0 saturated carbocycles. The third-order valence-corrected chi connectivity index (χ3v) is 3.65. The number of quaternary nitrogens is 3. The van der Waals surface area contributed by atoms with Crippen LogP contribution in [-0.2, 0) is 4.74 Å². The van der Waals surface area contributed by atoms with E-state index in [2.05, 4.69) is 5.32 Å². The number of morpholine rings is 1. The number of ether oxygens (including phenoxy) is 1. The number of rotatable bonds is 4. The molecule has 2 aliphatic heterocycles. The van der Waals surface area contributed by atoms with E-state index in [1.165, 1.54) is 31.1 Å². The van der Waals surface area contributed by atoms with Crippen molar-refractivity contribution in [2.24, 2.45) is 0 Å². The van der Waals surface area contributed by atoms with Gasteiger partial charge in [0.05, 0.1) is 13.2 Å². The molecule has 5 nitrogen and oxygen atoms in total. The highest BCUT2D eigenvalue weighted by Crippen LogP contribution is 1.78. The van der Waals surface area contributed by atoms with Gasteiger partial charge in [-0.15, -0.1) is 0 Å². The van der Waals surface area contributed by atoms with Gasteiger partial charge in [0.15, 0.2) is 6.10 Å². The zero-order valence-electron chi connectivity index (χ0n) is 11.2. The predicted molar refractivity (Wildman–Crippen MR) is 59.6 cm³/mol. The maximum absolute atomic E-state index is 10.1. The van der Waals surface area contributed by atoms with E-state index in [-0.39, 0.29) is 43.3 Å². The first-order valence-electron chi connectivity index (χ1n) is 6.59. The topological polar surface area (TPSA) is 55.0 Å². The van der Waals surface area contributed by atoms with Crippen LogP contribution in [0, 0.1) is 0 Å². The molecule has 5 N–H and O–H groups in total. The fourth-order valence-electron chi connectivity index (χ4n) is 2.69. The van der Waals surface area contributed by atoms with Crippen molar-refractivity contribution in [2.45, 2.75) is 6.10 Å². The van der Waals surface area contributed by atoms with Crippen LogP contribution in [0.4, 0.5) is 0 Å². The second-order valence-corrected chi connectivity index (χ2v) is 5.04. The first-order chi connectivity index (χ1) is 7.84. The van der Waals surface area contributed by atoms with Gasteiger partial charge in [-0.25, -0.2) is 0 Å². The van der Waals surface area contributed by atoms with E-state index >= 15 is 0 Å². The minimum atomic E-state index is -0.138. The lowest BCUT2D eigenvalue weighted by Gasteiger charge is -2.28. The lowest BCUT2D eigenvalue weighted by atomic mass is 10.2. The van der Waals surface area contributed by atoms with Crippen LogP contribution in [0.15, 0.2) is 0 Å². The summed E-state index contributed by atoms with van der Waals surface area (Å²) >= 11 is 0. The maximum Gasteiger partial charge on any atom is 0.152 e. The molecule has 2 aliphatic rings. The summed E-state index contributed by atoms with van der Waals surface area (Å²) in [6.07, 6.45) is -0.138. The van der Waals surface area contributed by atoms with E-state index in [0.29, 0.717) is 0 Å². The Morgan fingerprint density at radius 1 is 0.895 bits per heavy atom. The Morgan fingerprint density at radius 3 is 1.89 bits per heavy atom. The summed E-state index contributed by atoms with van der Waals surface area (Å²) in [4.78, 5) is 3.07. The molecule has 8 heteroatoms. The van der Waals surface area contributed by atoms with Gasteiger partial charge >= 0.3 is 0 Å². The molecular formula is C11H26Cl3N3O2. The third-order valence-electron chi connectivity index (χ3n) is 3.65. The van der Waals surface area contributed by atoms with Crippen molar-refractivity contribution in [3.63, 3.8) is 0 Å². The molecule has 0 aromatic carbocycles. The van der Waals surface area contributed by atoms with E-state index < -0.39 is 0 Å². The molecule has 0 aliphatic carbocycles. The van der Waals surface area contributed by atoms with Gasteiger partial charge in [0, 0.05) is 0 Å². The average Bonchev–Trinajstić information content (AvgIpc) is 2.31. The fourth-order valence-corrected chi connectivity index (χ4v) is 2.69. The average molecular weight is 339 g/mol. The molecule has 118 valence electrons. The fraction of sp³-hybridized carbons (Fsp3) is 1.00. The molecule has 2 heterocycles. The minimum Gasteiger partial charge on any atom is -1.00 e. The van der Waals surface area contributed by atoms with Crippen molar-refractivity contribution in [2.75, 3.05) is 65.6 Å². The first kappa shape index (κ1) is 22.0. The lowest BCUT2D eigenvalue weighted by Crippen LogP contribution is -3.22. The van der Waals surface area contributed by atoms with Gasteiger partial charge in [-0.1, -0.05) is 0 Å². The quantitative estimate of drug-likeness (QED) is 0.412. The van der Waals surface area contributed by atoms with Crippen LogP contribution in [-0.4, -0.2) is 76.8 Å². The summed E-state index contributed by atoms with van der Waals surface area (Å²) in [5, 5.41) is 12.4. The van der Waals surface area contributed by atoms with Crippen LogP contribution in [0.5, 0.6) is 0 Å². The zero-order chi connectivity index (χ0) is 11.2. The van der Waals surface area contributed by atoms with Gasteiger partial charge in [-0.2, -0.15) is 0 Å². The third kappa shape index (κ3) is 8.52. The summed E-state index contributed by atoms with van der Waals surface area (Å²) < 4.78 is 5.32.